The second-order valence-electron chi connectivity index (χ2n) is 8.25. The van der Waals surface area contributed by atoms with Gasteiger partial charge < -0.3 is 20.3 Å². The molecule has 0 aromatic heterocycles. The van der Waals surface area contributed by atoms with E-state index in [4.69, 9.17) is 4.74 Å². The van der Waals surface area contributed by atoms with Crippen LogP contribution in [0.2, 0.25) is 0 Å². The Balaban J connectivity index is 1.45. The normalized spacial score (nSPS) is 26.1. The molecule has 2 saturated heterocycles. The molecule has 2 aliphatic heterocycles. The fraction of sp³-hybridized carbons (Fsp3) is 0.619. The standard InChI is InChI=1S/C21H29N3O3/c1-14-5-6-18(27-2)16(12-14)23-19(25)17-4-3-11-24(17)20(26)15-13-21(15)7-9-22-10-8-21/h5-6,12,15,17,22H,3-4,7-11,13H2,1-2H3,(H,23,25). The first-order valence-electron chi connectivity index (χ1n) is 10.0. The second kappa shape index (κ2) is 7.15. The van der Waals surface area contributed by atoms with Crippen molar-refractivity contribution in [1.82, 2.24) is 10.2 Å². The molecule has 3 aliphatic rings. The number of ether oxygens (including phenoxy) is 1. The molecular formula is C21H29N3O3. The van der Waals surface area contributed by atoms with Crippen molar-refractivity contribution >= 4 is 17.5 Å². The van der Waals surface area contributed by atoms with E-state index in [1.807, 2.05) is 30.0 Å². The van der Waals surface area contributed by atoms with Crippen LogP contribution in [0.25, 0.3) is 0 Å². The number of anilines is 1. The van der Waals surface area contributed by atoms with Crippen LogP contribution in [0, 0.1) is 18.3 Å². The smallest absolute Gasteiger partial charge is 0.247 e. The van der Waals surface area contributed by atoms with Crippen molar-refractivity contribution in [2.24, 2.45) is 11.3 Å². The van der Waals surface area contributed by atoms with Gasteiger partial charge in [0.25, 0.3) is 0 Å². The van der Waals surface area contributed by atoms with Crippen LogP contribution >= 0.6 is 0 Å². The van der Waals surface area contributed by atoms with Gasteiger partial charge >= 0.3 is 0 Å². The van der Waals surface area contributed by atoms with Crippen molar-refractivity contribution in [2.75, 3.05) is 32.1 Å². The molecule has 3 fully saturated rings. The van der Waals surface area contributed by atoms with Gasteiger partial charge in [-0.05, 0) is 75.2 Å². The van der Waals surface area contributed by atoms with E-state index in [1.54, 1.807) is 7.11 Å². The summed E-state index contributed by atoms with van der Waals surface area (Å²) in [6.07, 6.45) is 4.76. The van der Waals surface area contributed by atoms with Crippen LogP contribution in [0.1, 0.15) is 37.7 Å². The first kappa shape index (κ1) is 18.3. The number of amides is 2. The van der Waals surface area contributed by atoms with E-state index in [-0.39, 0.29) is 29.2 Å². The molecule has 6 heteroatoms. The van der Waals surface area contributed by atoms with Crippen molar-refractivity contribution in [2.45, 2.75) is 45.1 Å². The van der Waals surface area contributed by atoms with Crippen LogP contribution in [-0.2, 0) is 9.59 Å². The lowest BCUT2D eigenvalue weighted by molar-refractivity contribution is -0.138. The number of methoxy groups -OCH3 is 1. The minimum absolute atomic E-state index is 0.107. The number of rotatable bonds is 4. The zero-order valence-electron chi connectivity index (χ0n) is 16.2. The summed E-state index contributed by atoms with van der Waals surface area (Å²) in [7, 11) is 1.59. The molecule has 1 aromatic carbocycles. The molecule has 1 aromatic rings. The minimum atomic E-state index is -0.373. The lowest BCUT2D eigenvalue weighted by Gasteiger charge is -2.28. The highest BCUT2D eigenvalue weighted by molar-refractivity contribution is 5.99. The number of hydrogen-bond donors (Lipinski definition) is 2. The van der Waals surface area contributed by atoms with Crippen LogP contribution in [0.3, 0.4) is 0 Å². The van der Waals surface area contributed by atoms with E-state index in [2.05, 4.69) is 10.6 Å². The SMILES string of the molecule is COc1ccc(C)cc1NC(=O)C1CCCN1C(=O)C1CC12CCNCC2. The molecule has 2 heterocycles. The van der Waals surface area contributed by atoms with Crippen molar-refractivity contribution in [3.63, 3.8) is 0 Å². The van der Waals surface area contributed by atoms with Crippen LogP contribution in [-0.4, -0.2) is 49.5 Å². The fourth-order valence-electron chi connectivity index (χ4n) is 4.81. The molecule has 2 atom stereocenters. The summed E-state index contributed by atoms with van der Waals surface area (Å²) >= 11 is 0. The number of likely N-dealkylation sites (tertiary alicyclic amines) is 1. The number of nitrogens with one attached hydrogen (secondary N) is 2. The third kappa shape index (κ3) is 3.43. The van der Waals surface area contributed by atoms with E-state index >= 15 is 0 Å². The minimum Gasteiger partial charge on any atom is -0.495 e. The first-order valence-corrected chi connectivity index (χ1v) is 10.0. The molecule has 1 saturated carbocycles. The monoisotopic (exact) mass is 371 g/mol. The lowest BCUT2D eigenvalue weighted by atomic mass is 9.91. The number of aryl methyl sites for hydroxylation is 1. The zero-order valence-corrected chi connectivity index (χ0v) is 16.2. The molecule has 1 aliphatic carbocycles. The maximum atomic E-state index is 13.1. The Hall–Kier alpha value is -2.08. The van der Waals surface area contributed by atoms with Crippen LogP contribution in [0.4, 0.5) is 5.69 Å². The van der Waals surface area contributed by atoms with E-state index in [9.17, 15) is 9.59 Å². The average molecular weight is 371 g/mol. The van der Waals surface area contributed by atoms with Crippen molar-refractivity contribution in [3.8, 4) is 5.75 Å². The Bertz CT molecular complexity index is 742. The van der Waals surface area contributed by atoms with Crippen LogP contribution < -0.4 is 15.4 Å². The van der Waals surface area contributed by atoms with E-state index < -0.39 is 0 Å². The summed E-state index contributed by atoms with van der Waals surface area (Å²) in [4.78, 5) is 27.9. The number of carbonyl (C=O) groups is 2. The van der Waals surface area contributed by atoms with Gasteiger partial charge in [-0.25, -0.2) is 0 Å². The van der Waals surface area contributed by atoms with Crippen molar-refractivity contribution in [3.05, 3.63) is 23.8 Å². The van der Waals surface area contributed by atoms with Gasteiger partial charge in [0.1, 0.15) is 11.8 Å². The summed E-state index contributed by atoms with van der Waals surface area (Å²) in [5.41, 5.74) is 1.92. The third-order valence-electron chi connectivity index (χ3n) is 6.54. The lowest BCUT2D eigenvalue weighted by Crippen LogP contribution is -2.45. The Kier molecular flexibility index (Phi) is 4.84. The number of piperidine rings is 1. The molecule has 4 rings (SSSR count). The van der Waals surface area contributed by atoms with Gasteiger partial charge in [-0.2, -0.15) is 0 Å². The first-order chi connectivity index (χ1) is 13.0. The molecule has 2 amide bonds. The molecule has 1 spiro atoms. The Morgan fingerprint density at radius 2 is 2.07 bits per heavy atom. The van der Waals surface area contributed by atoms with Crippen LogP contribution in [0.15, 0.2) is 18.2 Å². The van der Waals surface area contributed by atoms with Gasteiger partial charge in [0.15, 0.2) is 0 Å². The summed E-state index contributed by atoms with van der Waals surface area (Å²) in [6.45, 7) is 4.67. The molecular weight excluding hydrogens is 342 g/mol. The molecule has 2 unspecified atom stereocenters. The molecule has 0 bridgehead atoms. The van der Waals surface area contributed by atoms with Gasteiger partial charge in [-0.15, -0.1) is 0 Å². The number of carbonyl (C=O) groups excluding carboxylic acids is 2. The molecule has 27 heavy (non-hydrogen) atoms. The molecule has 146 valence electrons. The second-order valence-corrected chi connectivity index (χ2v) is 8.25. The van der Waals surface area contributed by atoms with E-state index in [0.29, 0.717) is 18.0 Å². The largest absolute Gasteiger partial charge is 0.495 e. The quantitative estimate of drug-likeness (QED) is 0.852. The fourth-order valence-corrected chi connectivity index (χ4v) is 4.81. The highest BCUT2D eigenvalue weighted by Gasteiger charge is 2.59. The molecule has 0 radical (unpaired) electrons. The summed E-state index contributed by atoms with van der Waals surface area (Å²) < 4.78 is 5.36. The van der Waals surface area contributed by atoms with E-state index in [0.717, 1.165) is 50.8 Å². The summed E-state index contributed by atoms with van der Waals surface area (Å²) in [5, 5.41) is 6.37. The Morgan fingerprint density at radius 1 is 1.30 bits per heavy atom. The van der Waals surface area contributed by atoms with Gasteiger partial charge in [0.2, 0.25) is 11.8 Å². The number of hydrogen-bond acceptors (Lipinski definition) is 4. The van der Waals surface area contributed by atoms with Gasteiger partial charge in [0.05, 0.1) is 12.8 Å². The number of nitrogens with zero attached hydrogens (tertiary/aromatic N) is 1. The molecule has 2 N–H and O–H groups in total. The maximum Gasteiger partial charge on any atom is 0.247 e. The maximum absolute atomic E-state index is 13.1. The predicted octanol–water partition coefficient (Wildman–Crippen LogP) is 2.32. The van der Waals surface area contributed by atoms with Crippen molar-refractivity contribution < 1.29 is 14.3 Å². The van der Waals surface area contributed by atoms with Gasteiger partial charge in [-0.3, -0.25) is 9.59 Å². The topological polar surface area (TPSA) is 70.7 Å². The Morgan fingerprint density at radius 3 is 2.81 bits per heavy atom. The third-order valence-corrected chi connectivity index (χ3v) is 6.54. The van der Waals surface area contributed by atoms with E-state index in [1.165, 1.54) is 0 Å². The number of benzene rings is 1. The molecule has 6 nitrogen and oxygen atoms in total. The van der Waals surface area contributed by atoms with Gasteiger partial charge in [0, 0.05) is 12.5 Å². The highest BCUT2D eigenvalue weighted by Crippen LogP contribution is 2.59. The average Bonchev–Trinajstić information content (AvgIpc) is 3.13. The highest BCUT2D eigenvalue weighted by atomic mass is 16.5. The predicted molar refractivity (Wildman–Crippen MR) is 104 cm³/mol. The van der Waals surface area contributed by atoms with Gasteiger partial charge in [-0.1, -0.05) is 6.07 Å². The summed E-state index contributed by atoms with van der Waals surface area (Å²) in [6, 6.07) is 5.34. The van der Waals surface area contributed by atoms with Crippen molar-refractivity contribution in [1.29, 1.82) is 0 Å². The van der Waals surface area contributed by atoms with Crippen LogP contribution in [0.5, 0.6) is 5.75 Å². The zero-order chi connectivity index (χ0) is 19.0. The summed E-state index contributed by atoms with van der Waals surface area (Å²) in [5.74, 6) is 0.831. The Labute approximate surface area is 160 Å².